The maximum Gasteiger partial charge on any atom is 0.110 e. The summed E-state index contributed by atoms with van der Waals surface area (Å²) in [7, 11) is 0. The minimum atomic E-state index is -0.118. The molecule has 1 aliphatic heterocycles. The summed E-state index contributed by atoms with van der Waals surface area (Å²) in [5.74, 6) is 0. The quantitative estimate of drug-likeness (QED) is 0.497. The Labute approximate surface area is 48.7 Å². The SMILES string of the molecule is [O]C[C@H]1CNCCO1. The van der Waals surface area contributed by atoms with Crippen LogP contribution in [0.3, 0.4) is 0 Å². The summed E-state index contributed by atoms with van der Waals surface area (Å²) in [5.41, 5.74) is 0. The molecule has 1 N–H and O–H groups in total. The highest BCUT2D eigenvalue weighted by Gasteiger charge is 2.10. The first-order chi connectivity index (χ1) is 3.93. The Balaban J connectivity index is 2.13. The van der Waals surface area contributed by atoms with E-state index >= 15 is 0 Å². The third kappa shape index (κ3) is 1.43. The Kier molecular flexibility index (Phi) is 2.27. The van der Waals surface area contributed by atoms with Crippen molar-refractivity contribution in [1.29, 1.82) is 0 Å². The fourth-order valence-electron chi connectivity index (χ4n) is 0.727. The molecule has 0 aromatic heterocycles. The van der Waals surface area contributed by atoms with Crippen LogP contribution in [0.2, 0.25) is 0 Å². The van der Waals surface area contributed by atoms with Crippen molar-refractivity contribution in [2.45, 2.75) is 6.10 Å². The molecule has 0 unspecified atom stereocenters. The predicted octanol–water partition coefficient (Wildman–Crippen LogP) is -0.595. The lowest BCUT2D eigenvalue weighted by molar-refractivity contribution is -0.0251. The van der Waals surface area contributed by atoms with Gasteiger partial charge in [-0.15, -0.1) is 0 Å². The Hall–Kier alpha value is -0.120. The van der Waals surface area contributed by atoms with Gasteiger partial charge in [-0.3, -0.25) is 0 Å². The van der Waals surface area contributed by atoms with Crippen molar-refractivity contribution in [2.75, 3.05) is 26.3 Å². The van der Waals surface area contributed by atoms with E-state index in [1.807, 2.05) is 0 Å². The monoisotopic (exact) mass is 116 g/mol. The van der Waals surface area contributed by atoms with Gasteiger partial charge in [-0.05, 0) is 0 Å². The van der Waals surface area contributed by atoms with Gasteiger partial charge >= 0.3 is 0 Å². The lowest BCUT2D eigenvalue weighted by Crippen LogP contribution is -2.40. The fourth-order valence-corrected chi connectivity index (χ4v) is 0.727. The van der Waals surface area contributed by atoms with Crippen molar-refractivity contribution in [3.63, 3.8) is 0 Å². The maximum absolute atomic E-state index is 10.1. The van der Waals surface area contributed by atoms with E-state index < -0.39 is 0 Å². The number of ether oxygens (including phenoxy) is 1. The van der Waals surface area contributed by atoms with E-state index in [0.717, 1.165) is 13.1 Å². The highest BCUT2D eigenvalue weighted by molar-refractivity contribution is 4.64. The minimum absolute atomic E-state index is 0.0799. The number of morpholine rings is 1. The minimum Gasteiger partial charge on any atom is -0.373 e. The zero-order chi connectivity index (χ0) is 5.82. The van der Waals surface area contributed by atoms with Gasteiger partial charge in [-0.1, -0.05) is 0 Å². The largest absolute Gasteiger partial charge is 0.373 e. The van der Waals surface area contributed by atoms with Crippen molar-refractivity contribution in [3.8, 4) is 0 Å². The molecule has 0 spiro atoms. The first-order valence-corrected chi connectivity index (χ1v) is 2.84. The van der Waals surface area contributed by atoms with Crippen LogP contribution in [0.4, 0.5) is 0 Å². The molecule has 3 heteroatoms. The second-order valence-electron chi connectivity index (χ2n) is 1.86. The number of nitrogens with one attached hydrogen (secondary N) is 1. The van der Waals surface area contributed by atoms with Gasteiger partial charge in [-0.2, -0.15) is 0 Å². The molecule has 8 heavy (non-hydrogen) atoms. The van der Waals surface area contributed by atoms with Gasteiger partial charge in [-0.25, -0.2) is 5.11 Å². The highest BCUT2D eigenvalue weighted by atomic mass is 16.5. The molecule has 0 aliphatic carbocycles. The summed E-state index contributed by atoms with van der Waals surface area (Å²) in [6, 6.07) is 0. The third-order valence-corrected chi connectivity index (χ3v) is 1.19. The molecule has 0 amide bonds. The standard InChI is InChI=1S/C5H10NO2/c7-4-5-3-6-1-2-8-5/h5-6H,1-4H2/t5-/m1/s1. The molecule has 0 bridgehead atoms. The van der Waals surface area contributed by atoms with Gasteiger partial charge in [0, 0.05) is 13.1 Å². The Morgan fingerprint density at radius 2 is 2.62 bits per heavy atom. The summed E-state index contributed by atoms with van der Waals surface area (Å²) in [6.45, 7) is 2.18. The molecular formula is C5H10NO2. The zero-order valence-corrected chi connectivity index (χ0v) is 4.72. The topological polar surface area (TPSA) is 41.2 Å². The van der Waals surface area contributed by atoms with Crippen molar-refractivity contribution in [1.82, 2.24) is 5.32 Å². The second-order valence-corrected chi connectivity index (χ2v) is 1.86. The van der Waals surface area contributed by atoms with Gasteiger partial charge in [0.1, 0.15) is 6.61 Å². The van der Waals surface area contributed by atoms with E-state index in [4.69, 9.17) is 4.74 Å². The predicted molar refractivity (Wildman–Crippen MR) is 28.2 cm³/mol. The molecule has 1 atom stereocenters. The summed E-state index contributed by atoms with van der Waals surface area (Å²) in [5, 5.41) is 13.2. The molecule has 0 saturated carbocycles. The summed E-state index contributed by atoms with van der Waals surface area (Å²) >= 11 is 0. The van der Waals surface area contributed by atoms with Gasteiger partial charge in [0.25, 0.3) is 0 Å². The third-order valence-electron chi connectivity index (χ3n) is 1.19. The van der Waals surface area contributed by atoms with E-state index in [2.05, 4.69) is 5.32 Å². The number of rotatable bonds is 1. The molecular weight excluding hydrogens is 106 g/mol. The first-order valence-electron chi connectivity index (χ1n) is 2.84. The van der Waals surface area contributed by atoms with Gasteiger partial charge < -0.3 is 10.1 Å². The zero-order valence-electron chi connectivity index (χ0n) is 4.72. The van der Waals surface area contributed by atoms with Crippen molar-refractivity contribution in [3.05, 3.63) is 0 Å². The fraction of sp³-hybridized carbons (Fsp3) is 1.00. The Bertz CT molecular complexity index is 61.4. The maximum atomic E-state index is 10.1. The van der Waals surface area contributed by atoms with Crippen LogP contribution in [0.25, 0.3) is 0 Å². The first kappa shape index (κ1) is 6.01. The Morgan fingerprint density at radius 1 is 1.75 bits per heavy atom. The van der Waals surface area contributed by atoms with E-state index in [1.54, 1.807) is 0 Å². The molecule has 0 aromatic carbocycles. The number of hydrogen-bond donors (Lipinski definition) is 1. The molecule has 1 fully saturated rings. The highest BCUT2D eigenvalue weighted by Crippen LogP contribution is 1.92. The van der Waals surface area contributed by atoms with Crippen LogP contribution < -0.4 is 5.32 Å². The Morgan fingerprint density at radius 3 is 3.00 bits per heavy atom. The molecule has 1 aliphatic rings. The van der Waals surface area contributed by atoms with E-state index in [0.29, 0.717) is 6.61 Å². The molecule has 1 heterocycles. The van der Waals surface area contributed by atoms with Crippen LogP contribution in [0.15, 0.2) is 0 Å². The average molecular weight is 116 g/mol. The van der Waals surface area contributed by atoms with Crippen LogP contribution in [0.5, 0.6) is 0 Å². The van der Waals surface area contributed by atoms with Crippen LogP contribution in [0, 0.1) is 0 Å². The molecule has 3 nitrogen and oxygen atoms in total. The lowest BCUT2D eigenvalue weighted by atomic mass is 10.3. The summed E-state index contributed by atoms with van der Waals surface area (Å²) in [6.07, 6.45) is -0.0799. The lowest BCUT2D eigenvalue weighted by Gasteiger charge is -2.20. The van der Waals surface area contributed by atoms with Gasteiger partial charge in [0.15, 0.2) is 0 Å². The smallest absolute Gasteiger partial charge is 0.110 e. The van der Waals surface area contributed by atoms with E-state index in [-0.39, 0.29) is 12.7 Å². The van der Waals surface area contributed by atoms with Crippen LogP contribution in [-0.4, -0.2) is 32.4 Å². The molecule has 1 radical (unpaired) electrons. The van der Waals surface area contributed by atoms with Crippen LogP contribution >= 0.6 is 0 Å². The van der Waals surface area contributed by atoms with Crippen LogP contribution in [-0.2, 0) is 9.84 Å². The van der Waals surface area contributed by atoms with E-state index in [1.165, 1.54) is 0 Å². The second kappa shape index (κ2) is 3.02. The van der Waals surface area contributed by atoms with E-state index in [9.17, 15) is 5.11 Å². The van der Waals surface area contributed by atoms with Crippen LogP contribution in [0.1, 0.15) is 0 Å². The molecule has 1 rings (SSSR count). The summed E-state index contributed by atoms with van der Waals surface area (Å²) in [4.78, 5) is 0. The summed E-state index contributed by atoms with van der Waals surface area (Å²) < 4.78 is 5.05. The van der Waals surface area contributed by atoms with Crippen molar-refractivity contribution in [2.24, 2.45) is 0 Å². The van der Waals surface area contributed by atoms with Gasteiger partial charge in [0.05, 0.1) is 12.7 Å². The van der Waals surface area contributed by atoms with Crippen molar-refractivity contribution >= 4 is 0 Å². The average Bonchev–Trinajstić information content (AvgIpc) is 1.90. The van der Waals surface area contributed by atoms with Gasteiger partial charge in [0.2, 0.25) is 0 Å². The van der Waals surface area contributed by atoms with Crippen molar-refractivity contribution < 1.29 is 9.84 Å². The normalized spacial score (nSPS) is 30.4. The molecule has 1 saturated heterocycles. The number of hydrogen-bond acceptors (Lipinski definition) is 2. The molecule has 47 valence electrons. The molecule has 0 aromatic rings.